The van der Waals surface area contributed by atoms with E-state index in [9.17, 15) is 0 Å². The van der Waals surface area contributed by atoms with Gasteiger partial charge in [0.15, 0.2) is 0 Å². The molecule has 1 rings (SSSR count). The molecule has 0 bridgehead atoms. The van der Waals surface area contributed by atoms with E-state index < -0.39 is 0 Å². The highest BCUT2D eigenvalue weighted by molar-refractivity contribution is 6.17. The molecule has 0 atom stereocenters. The maximum atomic E-state index is 5.57. The second-order valence-corrected chi connectivity index (χ2v) is 3.64. The second-order valence-electron chi connectivity index (χ2n) is 3.26. The highest BCUT2D eigenvalue weighted by atomic mass is 35.5. The lowest BCUT2D eigenvalue weighted by Crippen LogP contribution is -1.96. The Morgan fingerprint density at radius 2 is 2.29 bits per heavy atom. The van der Waals surface area contributed by atoms with Gasteiger partial charge < -0.3 is 0 Å². The predicted octanol–water partition coefficient (Wildman–Crippen LogP) is 2.71. The van der Waals surface area contributed by atoms with E-state index in [1.165, 1.54) is 5.69 Å². The van der Waals surface area contributed by atoms with Crippen molar-refractivity contribution in [3.63, 3.8) is 0 Å². The first-order chi connectivity index (χ1) is 6.77. The van der Waals surface area contributed by atoms with Gasteiger partial charge in [-0.15, -0.1) is 11.6 Å². The maximum absolute atomic E-state index is 5.57. The van der Waals surface area contributed by atoms with Crippen LogP contribution >= 0.6 is 11.6 Å². The van der Waals surface area contributed by atoms with Crippen molar-refractivity contribution in [3.05, 3.63) is 29.6 Å². The molecule has 0 fully saturated rings. The fourth-order valence-electron chi connectivity index (χ4n) is 1.32. The van der Waals surface area contributed by atoms with Crippen LogP contribution in [0.5, 0.6) is 0 Å². The Balaban J connectivity index is 2.53. The fourth-order valence-corrected chi connectivity index (χ4v) is 1.45. The Morgan fingerprint density at radius 3 is 2.86 bits per heavy atom. The molecule has 0 aliphatic carbocycles. The summed E-state index contributed by atoms with van der Waals surface area (Å²) >= 11 is 5.57. The minimum absolute atomic E-state index is 0.697. The van der Waals surface area contributed by atoms with Crippen LogP contribution in [0.2, 0.25) is 0 Å². The third kappa shape index (κ3) is 3.18. The fraction of sp³-hybridized carbons (Fsp3) is 0.545. The Morgan fingerprint density at radius 1 is 1.50 bits per heavy atom. The summed E-state index contributed by atoms with van der Waals surface area (Å²) in [6.45, 7) is 2.12. The third-order valence-corrected chi connectivity index (χ3v) is 2.38. The van der Waals surface area contributed by atoms with E-state index in [-0.39, 0.29) is 0 Å². The van der Waals surface area contributed by atoms with E-state index in [0.29, 0.717) is 5.88 Å². The lowest BCUT2D eigenvalue weighted by Gasteiger charge is -1.95. The van der Waals surface area contributed by atoms with Crippen LogP contribution in [0, 0.1) is 0 Å². The number of rotatable bonds is 5. The second kappa shape index (κ2) is 5.86. The molecule has 1 heterocycles. The van der Waals surface area contributed by atoms with Crippen molar-refractivity contribution >= 4 is 11.6 Å². The van der Waals surface area contributed by atoms with Crippen molar-refractivity contribution in [1.29, 1.82) is 0 Å². The Kier molecular flexibility index (Phi) is 4.74. The number of halogens is 1. The molecule has 0 unspecified atom stereocenters. The van der Waals surface area contributed by atoms with Gasteiger partial charge in [-0.1, -0.05) is 19.1 Å². The zero-order valence-electron chi connectivity index (χ0n) is 8.83. The number of nitrogens with zero attached hydrogens (tertiary/aromatic N) is 2. The molecule has 78 valence electrons. The number of hydrogen-bond acceptors (Lipinski definition) is 1. The molecular weight excluding hydrogens is 196 g/mol. The van der Waals surface area contributed by atoms with Gasteiger partial charge >= 0.3 is 0 Å². The molecule has 0 aliphatic rings. The van der Waals surface area contributed by atoms with E-state index in [2.05, 4.69) is 30.2 Å². The van der Waals surface area contributed by atoms with Gasteiger partial charge in [0.25, 0.3) is 0 Å². The summed E-state index contributed by atoms with van der Waals surface area (Å²) in [5.74, 6) is 0.697. The topological polar surface area (TPSA) is 17.8 Å². The first-order valence-electron chi connectivity index (χ1n) is 5.00. The molecule has 0 saturated carbocycles. The van der Waals surface area contributed by atoms with Gasteiger partial charge in [0.05, 0.1) is 5.69 Å². The minimum atomic E-state index is 0.697. The maximum Gasteiger partial charge on any atom is 0.0624 e. The number of alkyl halides is 1. The SMILES string of the molecule is CCc1cc(CC=CCCCl)n(C)n1. The van der Waals surface area contributed by atoms with Crippen molar-refractivity contribution in [2.75, 3.05) is 5.88 Å². The van der Waals surface area contributed by atoms with E-state index in [1.807, 2.05) is 11.7 Å². The zero-order chi connectivity index (χ0) is 10.4. The Hall–Kier alpha value is -0.760. The van der Waals surface area contributed by atoms with Crippen molar-refractivity contribution < 1.29 is 0 Å². The Bertz CT molecular complexity index is 302. The normalized spacial score (nSPS) is 11.4. The molecule has 0 spiro atoms. The third-order valence-electron chi connectivity index (χ3n) is 2.16. The largest absolute Gasteiger partial charge is 0.272 e. The van der Waals surface area contributed by atoms with Gasteiger partial charge in [-0.25, -0.2) is 0 Å². The Labute approximate surface area is 90.6 Å². The zero-order valence-corrected chi connectivity index (χ0v) is 9.59. The van der Waals surface area contributed by atoms with Gasteiger partial charge in [0.1, 0.15) is 0 Å². The first kappa shape index (κ1) is 11.3. The molecule has 1 aromatic rings. The molecule has 2 nitrogen and oxygen atoms in total. The average Bonchev–Trinajstić information content (AvgIpc) is 2.54. The smallest absolute Gasteiger partial charge is 0.0624 e. The monoisotopic (exact) mass is 212 g/mol. The lowest BCUT2D eigenvalue weighted by molar-refractivity contribution is 0.712. The molecule has 0 saturated heterocycles. The summed E-state index contributed by atoms with van der Waals surface area (Å²) in [6, 6.07) is 2.16. The van der Waals surface area contributed by atoms with Crippen LogP contribution in [0.4, 0.5) is 0 Å². The number of hydrogen-bond donors (Lipinski definition) is 0. The molecule has 3 heteroatoms. The van der Waals surface area contributed by atoms with Gasteiger partial charge in [0, 0.05) is 25.0 Å². The van der Waals surface area contributed by atoms with Crippen LogP contribution in [-0.2, 0) is 19.9 Å². The predicted molar refractivity (Wildman–Crippen MR) is 60.8 cm³/mol. The average molecular weight is 213 g/mol. The number of aryl methyl sites for hydroxylation is 2. The van der Waals surface area contributed by atoms with Crippen LogP contribution in [0.1, 0.15) is 24.7 Å². The highest BCUT2D eigenvalue weighted by Gasteiger charge is 2.00. The molecule has 0 N–H and O–H groups in total. The van der Waals surface area contributed by atoms with Crippen LogP contribution in [-0.4, -0.2) is 15.7 Å². The van der Waals surface area contributed by atoms with E-state index in [0.717, 1.165) is 25.0 Å². The number of aromatic nitrogens is 2. The first-order valence-corrected chi connectivity index (χ1v) is 5.54. The van der Waals surface area contributed by atoms with Gasteiger partial charge in [-0.05, 0) is 18.9 Å². The molecule has 14 heavy (non-hydrogen) atoms. The minimum Gasteiger partial charge on any atom is -0.272 e. The van der Waals surface area contributed by atoms with Crippen LogP contribution in [0.3, 0.4) is 0 Å². The van der Waals surface area contributed by atoms with E-state index in [4.69, 9.17) is 11.6 Å². The summed E-state index contributed by atoms with van der Waals surface area (Å²) in [5, 5.41) is 4.38. The summed E-state index contributed by atoms with van der Waals surface area (Å²) < 4.78 is 1.95. The van der Waals surface area contributed by atoms with Gasteiger partial charge in [0.2, 0.25) is 0 Å². The van der Waals surface area contributed by atoms with Crippen molar-refractivity contribution in [1.82, 2.24) is 9.78 Å². The lowest BCUT2D eigenvalue weighted by atomic mass is 10.2. The highest BCUT2D eigenvalue weighted by Crippen LogP contribution is 2.05. The van der Waals surface area contributed by atoms with E-state index >= 15 is 0 Å². The van der Waals surface area contributed by atoms with Crippen molar-refractivity contribution in [2.24, 2.45) is 7.05 Å². The molecule has 0 aromatic carbocycles. The van der Waals surface area contributed by atoms with Crippen molar-refractivity contribution in [2.45, 2.75) is 26.2 Å². The quantitative estimate of drug-likeness (QED) is 0.542. The number of allylic oxidation sites excluding steroid dienone is 2. The van der Waals surface area contributed by atoms with Crippen LogP contribution in [0.15, 0.2) is 18.2 Å². The van der Waals surface area contributed by atoms with Crippen molar-refractivity contribution in [3.8, 4) is 0 Å². The molecule has 0 aliphatic heterocycles. The van der Waals surface area contributed by atoms with Crippen LogP contribution < -0.4 is 0 Å². The van der Waals surface area contributed by atoms with E-state index in [1.54, 1.807) is 0 Å². The van der Waals surface area contributed by atoms with Gasteiger partial charge in [-0.2, -0.15) is 5.10 Å². The molecule has 0 radical (unpaired) electrons. The van der Waals surface area contributed by atoms with Gasteiger partial charge in [-0.3, -0.25) is 4.68 Å². The molecule has 1 aromatic heterocycles. The summed E-state index contributed by atoms with van der Waals surface area (Å²) in [6.07, 6.45) is 7.16. The molecular formula is C11H17ClN2. The molecule has 0 amide bonds. The summed E-state index contributed by atoms with van der Waals surface area (Å²) in [5.41, 5.74) is 2.42. The van der Waals surface area contributed by atoms with Crippen LogP contribution in [0.25, 0.3) is 0 Å². The summed E-state index contributed by atoms with van der Waals surface area (Å²) in [7, 11) is 1.99. The standard InChI is InChI=1S/C11H17ClN2/c1-3-10-9-11(14(2)13-10)7-5-4-6-8-12/h4-5,9H,3,6-8H2,1-2H3. The summed E-state index contributed by atoms with van der Waals surface area (Å²) in [4.78, 5) is 0.